The van der Waals surface area contributed by atoms with Crippen LogP contribution >= 0.6 is 24.8 Å². The molecule has 0 aromatic carbocycles. The van der Waals surface area contributed by atoms with Crippen molar-refractivity contribution < 1.29 is 0 Å². The Hall–Kier alpha value is 0.240. The summed E-state index contributed by atoms with van der Waals surface area (Å²) in [5.74, 6) is 0. The molecule has 0 amide bonds. The lowest BCUT2D eigenvalue weighted by Gasteiger charge is -2.27. The minimum Gasteiger partial charge on any atom is -0.376 e. The van der Waals surface area contributed by atoms with E-state index in [4.69, 9.17) is 12.2 Å². The smallest absolute Gasteiger partial charge is 0.0724 e. The number of thiocarbonyl (C=S) groups is 1. The Bertz CT molecular complexity index is 170. The Morgan fingerprint density at radius 1 is 1.23 bits per heavy atom. The Labute approximate surface area is 92.1 Å². The molecular weight excluding hydrogens is 198 g/mol. The van der Waals surface area contributed by atoms with Crippen molar-refractivity contribution in [2.75, 3.05) is 0 Å². The average Bonchev–Trinajstić information content (AvgIpc) is 2.04. The molecule has 3 heteroatoms. The Morgan fingerprint density at radius 3 is 2.46 bits per heavy atom. The van der Waals surface area contributed by atoms with Gasteiger partial charge in [0.05, 0.1) is 4.99 Å². The van der Waals surface area contributed by atoms with Crippen LogP contribution in [0.3, 0.4) is 0 Å². The van der Waals surface area contributed by atoms with Gasteiger partial charge in [-0.3, -0.25) is 0 Å². The number of hydrogen-bond donors (Lipinski definition) is 2. The van der Waals surface area contributed by atoms with E-state index in [1.807, 2.05) is 6.92 Å². The zero-order valence-electron chi connectivity index (χ0n) is 8.25. The molecular formula is C10H19NS2. The molecule has 0 bridgehead atoms. The summed E-state index contributed by atoms with van der Waals surface area (Å²) in [6.07, 6.45) is 7.83. The number of nitrogens with one attached hydrogen (secondary N) is 1. The maximum atomic E-state index is 5.06. The molecule has 1 aliphatic rings. The SMILES string of the molecule is CC(=S)NC1CCCCCCC1S. The van der Waals surface area contributed by atoms with Crippen molar-refractivity contribution >= 4 is 29.8 Å². The first-order valence-electron chi connectivity index (χ1n) is 5.15. The minimum atomic E-state index is 0.484. The molecule has 76 valence electrons. The predicted octanol–water partition coefficient (Wildman–Crippen LogP) is 2.94. The highest BCUT2D eigenvalue weighted by Crippen LogP contribution is 2.21. The molecule has 1 saturated carbocycles. The lowest BCUT2D eigenvalue weighted by atomic mass is 9.96. The van der Waals surface area contributed by atoms with Gasteiger partial charge in [0, 0.05) is 11.3 Å². The maximum absolute atomic E-state index is 5.06. The highest BCUT2D eigenvalue weighted by molar-refractivity contribution is 7.81. The van der Waals surface area contributed by atoms with Gasteiger partial charge in [-0.25, -0.2) is 0 Å². The zero-order valence-corrected chi connectivity index (χ0v) is 9.96. The van der Waals surface area contributed by atoms with Gasteiger partial charge < -0.3 is 5.32 Å². The van der Waals surface area contributed by atoms with Crippen molar-refractivity contribution in [3.63, 3.8) is 0 Å². The molecule has 1 fully saturated rings. The third-order valence-corrected chi connectivity index (χ3v) is 3.35. The number of rotatable bonds is 1. The summed E-state index contributed by atoms with van der Waals surface area (Å²) in [7, 11) is 0. The molecule has 0 aromatic heterocycles. The molecule has 0 spiro atoms. The summed E-state index contributed by atoms with van der Waals surface area (Å²) < 4.78 is 0. The van der Waals surface area contributed by atoms with Crippen molar-refractivity contribution in [2.45, 2.75) is 56.7 Å². The van der Waals surface area contributed by atoms with Crippen LogP contribution < -0.4 is 5.32 Å². The summed E-state index contributed by atoms with van der Waals surface area (Å²) >= 11 is 9.69. The predicted molar refractivity (Wildman–Crippen MR) is 65.7 cm³/mol. The molecule has 2 atom stereocenters. The average molecular weight is 217 g/mol. The van der Waals surface area contributed by atoms with Crippen LogP contribution in [0, 0.1) is 0 Å². The standard InChI is InChI=1S/C10H19NS2/c1-8(12)11-9-6-4-2-3-5-7-10(9)13/h9-10,13H,2-7H2,1H3,(H,11,12). The quantitative estimate of drug-likeness (QED) is 0.517. The second kappa shape index (κ2) is 5.86. The molecule has 2 unspecified atom stereocenters. The highest BCUT2D eigenvalue weighted by atomic mass is 32.1. The lowest BCUT2D eigenvalue weighted by molar-refractivity contribution is 0.441. The molecule has 1 N–H and O–H groups in total. The monoisotopic (exact) mass is 217 g/mol. The van der Waals surface area contributed by atoms with E-state index in [9.17, 15) is 0 Å². The first-order valence-corrected chi connectivity index (χ1v) is 6.08. The molecule has 0 radical (unpaired) electrons. The number of hydrogen-bond acceptors (Lipinski definition) is 2. The second-order valence-corrected chi connectivity index (χ2v) is 5.14. The van der Waals surface area contributed by atoms with Crippen molar-refractivity contribution in [1.82, 2.24) is 5.32 Å². The van der Waals surface area contributed by atoms with E-state index in [1.54, 1.807) is 0 Å². The van der Waals surface area contributed by atoms with Crippen molar-refractivity contribution in [3.8, 4) is 0 Å². The summed E-state index contributed by atoms with van der Waals surface area (Å²) in [5, 5.41) is 3.84. The molecule has 1 aliphatic carbocycles. The molecule has 0 aromatic rings. The van der Waals surface area contributed by atoms with Gasteiger partial charge >= 0.3 is 0 Å². The van der Waals surface area contributed by atoms with Crippen molar-refractivity contribution in [1.29, 1.82) is 0 Å². The van der Waals surface area contributed by atoms with Gasteiger partial charge in [-0.15, -0.1) is 0 Å². The summed E-state index contributed by atoms with van der Waals surface area (Å²) in [4.78, 5) is 0.907. The summed E-state index contributed by atoms with van der Waals surface area (Å²) in [6.45, 7) is 1.95. The van der Waals surface area contributed by atoms with Gasteiger partial charge in [0.25, 0.3) is 0 Å². The van der Waals surface area contributed by atoms with E-state index < -0.39 is 0 Å². The van der Waals surface area contributed by atoms with E-state index in [1.165, 1.54) is 38.5 Å². The van der Waals surface area contributed by atoms with Gasteiger partial charge in [-0.2, -0.15) is 12.6 Å². The fourth-order valence-corrected chi connectivity index (χ4v) is 2.45. The largest absolute Gasteiger partial charge is 0.376 e. The van der Waals surface area contributed by atoms with E-state index in [-0.39, 0.29) is 0 Å². The first kappa shape index (κ1) is 11.3. The van der Waals surface area contributed by atoms with Gasteiger partial charge in [-0.1, -0.05) is 37.9 Å². The zero-order chi connectivity index (χ0) is 9.68. The van der Waals surface area contributed by atoms with Gasteiger partial charge in [0.15, 0.2) is 0 Å². The normalized spacial score (nSPS) is 30.3. The fourth-order valence-electron chi connectivity index (χ4n) is 1.89. The van der Waals surface area contributed by atoms with Crippen LogP contribution in [-0.4, -0.2) is 16.3 Å². The lowest BCUT2D eigenvalue weighted by Crippen LogP contribution is -2.39. The van der Waals surface area contributed by atoms with Gasteiger partial charge in [0.1, 0.15) is 0 Å². The number of thiol groups is 1. The van der Waals surface area contributed by atoms with Crippen LogP contribution in [0.15, 0.2) is 0 Å². The van der Waals surface area contributed by atoms with Gasteiger partial charge in [-0.05, 0) is 19.8 Å². The van der Waals surface area contributed by atoms with Crippen LogP contribution in [0.4, 0.5) is 0 Å². The fraction of sp³-hybridized carbons (Fsp3) is 0.900. The highest BCUT2D eigenvalue weighted by Gasteiger charge is 2.19. The minimum absolute atomic E-state index is 0.484. The maximum Gasteiger partial charge on any atom is 0.0724 e. The molecule has 1 nitrogen and oxygen atoms in total. The van der Waals surface area contributed by atoms with Crippen LogP contribution in [0.1, 0.15) is 45.4 Å². The van der Waals surface area contributed by atoms with E-state index in [0.29, 0.717) is 11.3 Å². The van der Waals surface area contributed by atoms with Crippen LogP contribution in [0.5, 0.6) is 0 Å². The molecule has 0 heterocycles. The molecule has 1 rings (SSSR count). The van der Waals surface area contributed by atoms with Crippen LogP contribution in [-0.2, 0) is 0 Å². The third kappa shape index (κ3) is 4.32. The van der Waals surface area contributed by atoms with E-state index in [0.717, 1.165) is 4.99 Å². The van der Waals surface area contributed by atoms with Crippen LogP contribution in [0.2, 0.25) is 0 Å². The van der Waals surface area contributed by atoms with Crippen molar-refractivity contribution in [2.24, 2.45) is 0 Å². The third-order valence-electron chi connectivity index (χ3n) is 2.62. The van der Waals surface area contributed by atoms with Crippen molar-refractivity contribution in [3.05, 3.63) is 0 Å². The van der Waals surface area contributed by atoms with E-state index >= 15 is 0 Å². The topological polar surface area (TPSA) is 12.0 Å². The molecule has 0 aliphatic heterocycles. The second-order valence-electron chi connectivity index (χ2n) is 3.87. The molecule has 13 heavy (non-hydrogen) atoms. The first-order chi connectivity index (χ1) is 6.20. The summed E-state index contributed by atoms with van der Waals surface area (Å²) in [5.41, 5.74) is 0. The van der Waals surface area contributed by atoms with E-state index in [2.05, 4.69) is 17.9 Å². The molecule has 0 saturated heterocycles. The Morgan fingerprint density at radius 2 is 1.85 bits per heavy atom. The Balaban J connectivity index is 2.41. The van der Waals surface area contributed by atoms with Gasteiger partial charge in [0.2, 0.25) is 0 Å². The Kier molecular flexibility index (Phi) is 5.10. The van der Waals surface area contributed by atoms with Crippen LogP contribution in [0.25, 0.3) is 0 Å². The summed E-state index contributed by atoms with van der Waals surface area (Å²) in [6, 6.07) is 0.501.